The van der Waals surface area contributed by atoms with Gasteiger partial charge < -0.3 is 5.32 Å². The van der Waals surface area contributed by atoms with Gasteiger partial charge in [0.25, 0.3) is 5.91 Å². The fourth-order valence-electron chi connectivity index (χ4n) is 2.56. The molecule has 0 radical (unpaired) electrons. The molecule has 1 amide bonds. The number of rotatable bonds is 4. The number of imidazole rings is 1. The number of hydrogen-bond acceptors (Lipinski definition) is 2. The van der Waals surface area contributed by atoms with Crippen molar-refractivity contribution in [1.29, 1.82) is 0 Å². The maximum absolute atomic E-state index is 12.8. The van der Waals surface area contributed by atoms with Crippen molar-refractivity contribution in [2.45, 2.75) is 26.7 Å². The van der Waals surface area contributed by atoms with Gasteiger partial charge >= 0.3 is 0 Å². The van der Waals surface area contributed by atoms with Crippen LogP contribution in [-0.4, -0.2) is 15.3 Å². The Morgan fingerprint density at radius 3 is 2.87 bits per heavy atom. The summed E-state index contributed by atoms with van der Waals surface area (Å²) in [6, 6.07) is 11.5. The van der Waals surface area contributed by atoms with E-state index in [1.807, 2.05) is 53.9 Å². The van der Waals surface area contributed by atoms with E-state index in [0.29, 0.717) is 5.69 Å². The van der Waals surface area contributed by atoms with Gasteiger partial charge in [-0.05, 0) is 43.2 Å². The summed E-state index contributed by atoms with van der Waals surface area (Å²) in [5.74, 6) is -0.136. The van der Waals surface area contributed by atoms with Crippen LogP contribution in [0.5, 0.6) is 0 Å². The van der Waals surface area contributed by atoms with Gasteiger partial charge in [-0.2, -0.15) is 0 Å². The lowest BCUT2D eigenvalue weighted by molar-refractivity contribution is 0.102. The second kappa shape index (κ2) is 6.54. The van der Waals surface area contributed by atoms with Crippen LogP contribution in [0.3, 0.4) is 0 Å². The van der Waals surface area contributed by atoms with E-state index in [2.05, 4.69) is 33.2 Å². The number of halogens is 1. The first-order chi connectivity index (χ1) is 11.1. The summed E-state index contributed by atoms with van der Waals surface area (Å²) < 4.78 is 2.83. The SMILES string of the molecule is CCCc1nc2ccccn2c1C(=O)Nc1ccc(C)c(Br)c1. The quantitative estimate of drug-likeness (QED) is 0.727. The highest BCUT2D eigenvalue weighted by atomic mass is 79.9. The van der Waals surface area contributed by atoms with Gasteiger partial charge in [-0.25, -0.2) is 4.98 Å². The maximum atomic E-state index is 12.8. The number of fused-ring (bicyclic) bond motifs is 1. The Morgan fingerprint density at radius 2 is 2.13 bits per heavy atom. The lowest BCUT2D eigenvalue weighted by Crippen LogP contribution is -2.16. The molecule has 5 heteroatoms. The van der Waals surface area contributed by atoms with Crippen LogP contribution >= 0.6 is 15.9 Å². The number of nitrogens with one attached hydrogen (secondary N) is 1. The Hall–Kier alpha value is -2.14. The van der Waals surface area contributed by atoms with Crippen molar-refractivity contribution in [3.05, 3.63) is 64.0 Å². The van der Waals surface area contributed by atoms with E-state index in [1.165, 1.54) is 0 Å². The zero-order valence-corrected chi connectivity index (χ0v) is 14.7. The maximum Gasteiger partial charge on any atom is 0.274 e. The van der Waals surface area contributed by atoms with Gasteiger partial charge in [0.05, 0.1) is 5.69 Å². The predicted octanol–water partition coefficient (Wildman–Crippen LogP) is 4.61. The molecule has 0 fully saturated rings. The molecule has 4 nitrogen and oxygen atoms in total. The van der Waals surface area contributed by atoms with Gasteiger partial charge in [-0.1, -0.05) is 41.4 Å². The molecule has 1 aromatic carbocycles. The second-order valence-corrected chi connectivity index (χ2v) is 6.36. The second-order valence-electron chi connectivity index (χ2n) is 5.50. The number of aryl methyl sites for hydroxylation is 2. The third-order valence-electron chi connectivity index (χ3n) is 3.73. The summed E-state index contributed by atoms with van der Waals surface area (Å²) >= 11 is 3.49. The van der Waals surface area contributed by atoms with E-state index < -0.39 is 0 Å². The highest BCUT2D eigenvalue weighted by molar-refractivity contribution is 9.10. The van der Waals surface area contributed by atoms with Crippen molar-refractivity contribution in [2.24, 2.45) is 0 Å². The monoisotopic (exact) mass is 371 g/mol. The highest BCUT2D eigenvalue weighted by Gasteiger charge is 2.18. The van der Waals surface area contributed by atoms with E-state index in [-0.39, 0.29) is 5.91 Å². The molecule has 0 spiro atoms. The number of benzene rings is 1. The summed E-state index contributed by atoms with van der Waals surface area (Å²) in [5, 5.41) is 2.97. The average molecular weight is 372 g/mol. The molecule has 0 aliphatic heterocycles. The number of amides is 1. The number of hydrogen-bond donors (Lipinski definition) is 1. The Morgan fingerprint density at radius 1 is 1.30 bits per heavy atom. The number of nitrogens with zero attached hydrogens (tertiary/aromatic N) is 2. The Kier molecular flexibility index (Phi) is 4.48. The topological polar surface area (TPSA) is 46.4 Å². The minimum absolute atomic E-state index is 0.136. The highest BCUT2D eigenvalue weighted by Crippen LogP contribution is 2.22. The molecular weight excluding hydrogens is 354 g/mol. The van der Waals surface area contributed by atoms with Crippen LogP contribution < -0.4 is 5.32 Å². The average Bonchev–Trinajstić information content (AvgIpc) is 2.89. The van der Waals surface area contributed by atoms with E-state index in [4.69, 9.17) is 0 Å². The molecule has 118 valence electrons. The molecule has 1 N–H and O–H groups in total. The first-order valence-electron chi connectivity index (χ1n) is 7.63. The van der Waals surface area contributed by atoms with Gasteiger partial charge in [0.2, 0.25) is 0 Å². The molecule has 3 rings (SSSR count). The first kappa shape index (κ1) is 15.7. The zero-order valence-electron chi connectivity index (χ0n) is 13.1. The van der Waals surface area contributed by atoms with Crippen LogP contribution in [0.1, 0.15) is 35.1 Å². The van der Waals surface area contributed by atoms with Crippen molar-refractivity contribution >= 4 is 33.2 Å². The van der Waals surface area contributed by atoms with Crippen molar-refractivity contribution in [2.75, 3.05) is 5.32 Å². The molecule has 2 heterocycles. The van der Waals surface area contributed by atoms with Crippen LogP contribution in [-0.2, 0) is 6.42 Å². The summed E-state index contributed by atoms with van der Waals surface area (Å²) in [7, 11) is 0. The molecule has 0 bridgehead atoms. The normalized spacial score (nSPS) is 10.9. The van der Waals surface area contributed by atoms with E-state index in [0.717, 1.165) is 39.9 Å². The predicted molar refractivity (Wildman–Crippen MR) is 96.0 cm³/mol. The fourth-order valence-corrected chi connectivity index (χ4v) is 2.94. The Balaban J connectivity index is 1.99. The van der Waals surface area contributed by atoms with Crippen LogP contribution in [0, 0.1) is 6.92 Å². The molecule has 0 aliphatic carbocycles. The molecule has 23 heavy (non-hydrogen) atoms. The largest absolute Gasteiger partial charge is 0.321 e. The first-order valence-corrected chi connectivity index (χ1v) is 8.43. The summed E-state index contributed by atoms with van der Waals surface area (Å²) in [4.78, 5) is 17.4. The number of pyridine rings is 1. The van der Waals surface area contributed by atoms with Crippen LogP contribution in [0.2, 0.25) is 0 Å². The molecular formula is C18H18BrN3O. The number of aromatic nitrogens is 2. The number of carbonyl (C=O) groups is 1. The van der Waals surface area contributed by atoms with Gasteiger partial charge in [0.15, 0.2) is 0 Å². The summed E-state index contributed by atoms with van der Waals surface area (Å²) in [6.07, 6.45) is 3.60. The van der Waals surface area contributed by atoms with Crippen molar-refractivity contribution < 1.29 is 4.79 Å². The standard InChI is InChI=1S/C18H18BrN3O/c1-3-6-15-17(22-10-5-4-7-16(22)21-15)18(23)20-13-9-8-12(2)14(19)11-13/h4-5,7-11H,3,6H2,1-2H3,(H,20,23). The number of carbonyl (C=O) groups excluding carboxylic acids is 1. The minimum Gasteiger partial charge on any atom is -0.321 e. The smallest absolute Gasteiger partial charge is 0.274 e. The number of anilines is 1. The van der Waals surface area contributed by atoms with E-state index in [9.17, 15) is 4.79 Å². The van der Waals surface area contributed by atoms with Gasteiger partial charge in [0, 0.05) is 16.4 Å². The van der Waals surface area contributed by atoms with Crippen molar-refractivity contribution in [3.63, 3.8) is 0 Å². The summed E-state index contributed by atoms with van der Waals surface area (Å²) in [5.41, 5.74) is 4.14. The van der Waals surface area contributed by atoms with E-state index in [1.54, 1.807) is 0 Å². The van der Waals surface area contributed by atoms with E-state index >= 15 is 0 Å². The minimum atomic E-state index is -0.136. The lowest BCUT2D eigenvalue weighted by Gasteiger charge is -2.08. The molecule has 0 saturated heterocycles. The third-order valence-corrected chi connectivity index (χ3v) is 4.59. The molecule has 3 aromatic rings. The third kappa shape index (κ3) is 3.15. The van der Waals surface area contributed by atoms with Crippen molar-refractivity contribution in [3.8, 4) is 0 Å². The molecule has 0 saturated carbocycles. The summed E-state index contributed by atoms with van der Waals surface area (Å²) in [6.45, 7) is 4.10. The van der Waals surface area contributed by atoms with Crippen LogP contribution in [0.4, 0.5) is 5.69 Å². The Bertz CT molecular complexity index is 870. The Labute approximate surface area is 143 Å². The lowest BCUT2D eigenvalue weighted by atomic mass is 10.2. The molecule has 0 atom stereocenters. The van der Waals surface area contributed by atoms with Crippen LogP contribution in [0.15, 0.2) is 47.1 Å². The zero-order chi connectivity index (χ0) is 16.4. The molecule has 0 unspecified atom stereocenters. The van der Waals surface area contributed by atoms with Gasteiger partial charge in [-0.15, -0.1) is 0 Å². The fraction of sp³-hybridized carbons (Fsp3) is 0.222. The van der Waals surface area contributed by atoms with Gasteiger partial charge in [0.1, 0.15) is 11.3 Å². The molecule has 0 aliphatic rings. The molecule has 2 aromatic heterocycles. The van der Waals surface area contributed by atoms with Crippen molar-refractivity contribution in [1.82, 2.24) is 9.38 Å². The van der Waals surface area contributed by atoms with Crippen LogP contribution in [0.25, 0.3) is 5.65 Å². The van der Waals surface area contributed by atoms with Gasteiger partial charge in [-0.3, -0.25) is 9.20 Å².